The van der Waals surface area contributed by atoms with Crippen LogP contribution in [0.3, 0.4) is 0 Å². The van der Waals surface area contributed by atoms with Crippen LogP contribution in [0.1, 0.15) is 54.9 Å². The number of rotatable bonds is 6. The van der Waals surface area contributed by atoms with Gasteiger partial charge in [-0.1, -0.05) is 19.9 Å². The van der Waals surface area contributed by atoms with Crippen LogP contribution < -0.4 is 15.5 Å². The first kappa shape index (κ1) is 27.1. The number of piperidine rings is 1. The van der Waals surface area contributed by atoms with Gasteiger partial charge in [0.15, 0.2) is 10.7 Å². The van der Waals surface area contributed by atoms with Gasteiger partial charge in [-0.15, -0.1) is 0 Å². The fourth-order valence-corrected chi connectivity index (χ4v) is 4.97. The second-order valence-corrected chi connectivity index (χ2v) is 10.5. The topological polar surface area (TPSA) is 134 Å². The number of aromatic hydroxyl groups is 1. The zero-order chi connectivity index (χ0) is 28.4. The number of oxazole rings is 1. The molecule has 3 N–H and O–H groups in total. The van der Waals surface area contributed by atoms with Crippen molar-refractivity contribution in [2.24, 2.45) is 0 Å². The monoisotopic (exact) mass is 559 g/mol. The van der Waals surface area contributed by atoms with Crippen molar-refractivity contribution in [1.29, 1.82) is 0 Å². The van der Waals surface area contributed by atoms with Gasteiger partial charge < -0.3 is 19.7 Å². The van der Waals surface area contributed by atoms with Gasteiger partial charge in [-0.05, 0) is 85.4 Å². The summed E-state index contributed by atoms with van der Waals surface area (Å²) in [6.07, 6.45) is 3.05. The van der Waals surface area contributed by atoms with Crippen LogP contribution in [0.15, 0.2) is 59.0 Å². The number of nitro benzene ring substituents is 1. The lowest BCUT2D eigenvalue weighted by Gasteiger charge is -2.28. The van der Waals surface area contributed by atoms with E-state index in [9.17, 15) is 20.0 Å². The van der Waals surface area contributed by atoms with E-state index in [1.54, 1.807) is 24.3 Å². The Balaban J connectivity index is 1.31. The molecule has 5 rings (SSSR count). The summed E-state index contributed by atoms with van der Waals surface area (Å²) in [7, 11) is 0. The minimum atomic E-state index is -0.579. The predicted octanol–water partition coefficient (Wildman–Crippen LogP) is 6.35. The number of carbonyl (C=O) groups excluding carboxylic acids is 1. The Morgan fingerprint density at radius 2 is 1.88 bits per heavy atom. The first-order valence-electron chi connectivity index (χ1n) is 13.1. The number of benzene rings is 3. The van der Waals surface area contributed by atoms with Gasteiger partial charge in [-0.25, -0.2) is 4.98 Å². The van der Waals surface area contributed by atoms with Crippen molar-refractivity contribution in [3.63, 3.8) is 0 Å². The number of nitrogens with one attached hydrogen (secondary N) is 2. The van der Waals surface area contributed by atoms with Crippen molar-refractivity contribution in [3.05, 3.63) is 75.8 Å². The normalized spacial score (nSPS) is 13.4. The maximum absolute atomic E-state index is 12.9. The third kappa shape index (κ3) is 5.74. The van der Waals surface area contributed by atoms with Crippen LogP contribution in [-0.4, -0.2) is 39.1 Å². The summed E-state index contributed by atoms with van der Waals surface area (Å²) in [6, 6.07) is 14.9. The second kappa shape index (κ2) is 11.3. The van der Waals surface area contributed by atoms with Crippen molar-refractivity contribution in [1.82, 2.24) is 10.3 Å². The van der Waals surface area contributed by atoms with E-state index in [0.717, 1.165) is 37.9 Å². The Morgan fingerprint density at radius 3 is 2.60 bits per heavy atom. The van der Waals surface area contributed by atoms with E-state index in [4.69, 9.17) is 16.6 Å². The fourth-order valence-electron chi connectivity index (χ4n) is 4.75. The number of hydrogen-bond donors (Lipinski definition) is 3. The Kier molecular flexibility index (Phi) is 7.65. The number of aromatic nitrogens is 1. The van der Waals surface area contributed by atoms with Gasteiger partial charge in [0.25, 0.3) is 11.6 Å². The van der Waals surface area contributed by atoms with Crippen LogP contribution in [0.5, 0.6) is 5.75 Å². The van der Waals surface area contributed by atoms with Crippen molar-refractivity contribution < 1.29 is 19.2 Å². The molecule has 0 atom stereocenters. The van der Waals surface area contributed by atoms with E-state index in [1.807, 2.05) is 23.1 Å². The molecule has 0 saturated carbocycles. The molecule has 3 aromatic carbocycles. The summed E-state index contributed by atoms with van der Waals surface area (Å²) < 4.78 is 5.88. The third-order valence-electron chi connectivity index (χ3n) is 6.92. The highest BCUT2D eigenvalue weighted by atomic mass is 32.1. The third-order valence-corrected chi connectivity index (χ3v) is 7.13. The lowest BCUT2D eigenvalue weighted by molar-refractivity contribution is -0.384. The van der Waals surface area contributed by atoms with E-state index in [2.05, 4.69) is 29.5 Å². The fraction of sp³-hybridized carbons (Fsp3) is 0.276. The number of nitro groups is 1. The van der Waals surface area contributed by atoms with E-state index in [1.165, 1.54) is 12.1 Å². The molecule has 1 aliphatic heterocycles. The van der Waals surface area contributed by atoms with Gasteiger partial charge in [0.2, 0.25) is 5.89 Å². The first-order valence-corrected chi connectivity index (χ1v) is 13.5. The molecule has 0 bridgehead atoms. The molecule has 0 unspecified atom stereocenters. The summed E-state index contributed by atoms with van der Waals surface area (Å²) in [4.78, 5) is 30.7. The van der Waals surface area contributed by atoms with E-state index < -0.39 is 10.8 Å². The molecule has 1 aliphatic rings. The number of amides is 1. The average molecular weight is 560 g/mol. The summed E-state index contributed by atoms with van der Waals surface area (Å²) in [6.45, 7) is 5.68. The van der Waals surface area contributed by atoms with Crippen LogP contribution in [0.25, 0.3) is 22.6 Å². The van der Waals surface area contributed by atoms with E-state index in [0.29, 0.717) is 34.0 Å². The van der Waals surface area contributed by atoms with Gasteiger partial charge >= 0.3 is 0 Å². The van der Waals surface area contributed by atoms with Crippen LogP contribution in [0.2, 0.25) is 0 Å². The predicted molar refractivity (Wildman–Crippen MR) is 158 cm³/mol. The minimum Gasteiger partial charge on any atom is -0.507 e. The summed E-state index contributed by atoms with van der Waals surface area (Å²) in [5, 5.41) is 27.7. The molecule has 0 aliphatic carbocycles. The van der Waals surface area contributed by atoms with Gasteiger partial charge in [-0.2, -0.15) is 0 Å². The zero-order valence-electron chi connectivity index (χ0n) is 22.1. The number of thiocarbonyl (C=S) groups is 1. The number of fused-ring (bicyclic) bond motifs is 1. The molecule has 40 heavy (non-hydrogen) atoms. The quantitative estimate of drug-likeness (QED) is 0.107. The van der Waals surface area contributed by atoms with Crippen molar-refractivity contribution in [2.75, 3.05) is 23.3 Å². The number of anilines is 2. The van der Waals surface area contributed by atoms with Crippen molar-refractivity contribution in [2.45, 2.75) is 39.0 Å². The maximum Gasteiger partial charge on any atom is 0.293 e. The molecule has 4 aromatic rings. The lowest BCUT2D eigenvalue weighted by atomic mass is 10.0. The summed E-state index contributed by atoms with van der Waals surface area (Å²) in [5.74, 6) is -0.0319. The molecule has 0 radical (unpaired) electrons. The van der Waals surface area contributed by atoms with Crippen LogP contribution in [-0.2, 0) is 0 Å². The number of phenolic OH excluding ortho intramolecular Hbond substituents is 1. The van der Waals surface area contributed by atoms with Crippen molar-refractivity contribution in [3.8, 4) is 17.2 Å². The largest absolute Gasteiger partial charge is 0.507 e. The molecule has 0 spiro atoms. The highest BCUT2D eigenvalue weighted by Crippen LogP contribution is 2.34. The van der Waals surface area contributed by atoms with Crippen LogP contribution in [0, 0.1) is 10.1 Å². The van der Waals surface area contributed by atoms with Crippen LogP contribution >= 0.6 is 12.2 Å². The maximum atomic E-state index is 12.9. The molecule has 1 amide bonds. The zero-order valence-corrected chi connectivity index (χ0v) is 23.0. The molecular weight excluding hydrogens is 530 g/mol. The van der Waals surface area contributed by atoms with Crippen molar-refractivity contribution >= 4 is 51.4 Å². The Labute approximate surface area is 236 Å². The molecule has 206 valence electrons. The van der Waals surface area contributed by atoms with Gasteiger partial charge in [-0.3, -0.25) is 20.2 Å². The van der Waals surface area contributed by atoms with Gasteiger partial charge in [0, 0.05) is 30.4 Å². The number of hydrogen-bond acceptors (Lipinski definition) is 8. The highest BCUT2D eigenvalue weighted by molar-refractivity contribution is 7.80. The molecular formula is C29H29N5O5S. The number of nitrogens with zero attached hydrogens (tertiary/aromatic N) is 3. The van der Waals surface area contributed by atoms with Gasteiger partial charge in [0.05, 0.1) is 10.5 Å². The summed E-state index contributed by atoms with van der Waals surface area (Å²) >= 11 is 5.32. The standard InChI is InChI=1S/C29H29N5O5S/c1-17(2)18-7-11-26-22(14-18)31-28(39-26)21-16-20(8-10-25(21)35)30-29(40)32-27(36)19-6-9-23(24(15-19)34(37)38)33-12-4-3-5-13-33/h6-11,14-17,35H,3-5,12-13H2,1-2H3,(H2,30,32,36,40). The van der Waals surface area contributed by atoms with E-state index >= 15 is 0 Å². The van der Waals surface area contributed by atoms with E-state index in [-0.39, 0.29) is 28.0 Å². The Morgan fingerprint density at radius 1 is 1.10 bits per heavy atom. The Bertz CT molecular complexity index is 1610. The summed E-state index contributed by atoms with van der Waals surface area (Å²) in [5.41, 5.74) is 3.76. The molecule has 11 heteroatoms. The average Bonchev–Trinajstić information content (AvgIpc) is 3.37. The smallest absolute Gasteiger partial charge is 0.293 e. The molecule has 2 heterocycles. The molecule has 1 fully saturated rings. The number of phenols is 1. The molecule has 1 aromatic heterocycles. The lowest BCUT2D eigenvalue weighted by Crippen LogP contribution is -2.34. The molecule has 10 nitrogen and oxygen atoms in total. The van der Waals surface area contributed by atoms with Crippen LogP contribution in [0.4, 0.5) is 17.1 Å². The minimum absolute atomic E-state index is 0.0106. The number of carbonyl (C=O) groups is 1. The second-order valence-electron chi connectivity index (χ2n) is 10.0. The highest BCUT2D eigenvalue weighted by Gasteiger charge is 2.23. The SMILES string of the molecule is CC(C)c1ccc2oc(-c3cc(NC(=S)NC(=O)c4ccc(N5CCCCC5)c([N+](=O)[O-])c4)ccc3O)nc2c1. The first-order chi connectivity index (χ1) is 19.2. The molecule has 1 saturated heterocycles. The van der Waals surface area contributed by atoms with Gasteiger partial charge in [0.1, 0.15) is 17.0 Å². The Hall–Kier alpha value is -4.51.